The van der Waals surface area contributed by atoms with Crippen LogP contribution in [0.3, 0.4) is 0 Å². The van der Waals surface area contributed by atoms with Crippen molar-refractivity contribution in [3.63, 3.8) is 0 Å². The van der Waals surface area contributed by atoms with Gasteiger partial charge in [0.1, 0.15) is 5.75 Å². The molecule has 0 aliphatic heterocycles. The van der Waals surface area contributed by atoms with Crippen LogP contribution in [0.15, 0.2) is 36.5 Å². The standard InChI is InChI=1S/C16H19NO/c1-4-13-10-14(8-9-16(13)18-5-2)15-7-6-12(3)17-11-15/h6-11H,4-5H2,1-3H3. The lowest BCUT2D eigenvalue weighted by molar-refractivity contribution is 0.337. The molecule has 0 saturated heterocycles. The van der Waals surface area contributed by atoms with E-state index in [2.05, 4.69) is 36.2 Å². The molecule has 18 heavy (non-hydrogen) atoms. The van der Waals surface area contributed by atoms with Crippen LogP contribution in [-0.4, -0.2) is 11.6 Å². The summed E-state index contributed by atoms with van der Waals surface area (Å²) in [4.78, 5) is 4.34. The summed E-state index contributed by atoms with van der Waals surface area (Å²) in [6.45, 7) is 6.87. The fourth-order valence-corrected chi connectivity index (χ4v) is 1.97. The quantitative estimate of drug-likeness (QED) is 0.806. The molecule has 94 valence electrons. The van der Waals surface area contributed by atoms with E-state index in [1.165, 1.54) is 11.1 Å². The highest BCUT2D eigenvalue weighted by molar-refractivity contribution is 5.65. The highest BCUT2D eigenvalue weighted by atomic mass is 16.5. The molecule has 0 saturated carbocycles. The van der Waals surface area contributed by atoms with E-state index in [0.29, 0.717) is 6.61 Å². The monoisotopic (exact) mass is 241 g/mol. The van der Waals surface area contributed by atoms with Crippen LogP contribution in [0.4, 0.5) is 0 Å². The summed E-state index contributed by atoms with van der Waals surface area (Å²) < 4.78 is 5.62. The first kappa shape index (κ1) is 12.6. The summed E-state index contributed by atoms with van der Waals surface area (Å²) in [7, 11) is 0. The average Bonchev–Trinajstić information content (AvgIpc) is 2.40. The highest BCUT2D eigenvalue weighted by Gasteiger charge is 2.05. The largest absolute Gasteiger partial charge is 0.494 e. The van der Waals surface area contributed by atoms with Gasteiger partial charge in [0.05, 0.1) is 6.61 Å². The van der Waals surface area contributed by atoms with Crippen LogP contribution in [0.5, 0.6) is 5.75 Å². The topological polar surface area (TPSA) is 22.1 Å². The first-order chi connectivity index (χ1) is 8.74. The van der Waals surface area contributed by atoms with E-state index in [1.54, 1.807) is 0 Å². The van der Waals surface area contributed by atoms with Crippen LogP contribution in [0.1, 0.15) is 25.1 Å². The van der Waals surface area contributed by atoms with Gasteiger partial charge in [-0.2, -0.15) is 0 Å². The Kier molecular flexibility index (Phi) is 3.98. The minimum Gasteiger partial charge on any atom is -0.494 e. The number of nitrogens with zero attached hydrogens (tertiary/aromatic N) is 1. The van der Waals surface area contributed by atoms with Crippen molar-refractivity contribution >= 4 is 0 Å². The molecule has 2 rings (SSSR count). The van der Waals surface area contributed by atoms with Crippen molar-refractivity contribution in [1.29, 1.82) is 0 Å². The number of benzene rings is 1. The molecule has 1 aromatic carbocycles. The third kappa shape index (κ3) is 2.70. The molecule has 2 aromatic rings. The fraction of sp³-hybridized carbons (Fsp3) is 0.312. The number of hydrogen-bond donors (Lipinski definition) is 0. The fourth-order valence-electron chi connectivity index (χ4n) is 1.97. The summed E-state index contributed by atoms with van der Waals surface area (Å²) in [6, 6.07) is 10.5. The number of aryl methyl sites for hydroxylation is 2. The number of rotatable bonds is 4. The van der Waals surface area contributed by atoms with Crippen LogP contribution in [-0.2, 0) is 6.42 Å². The van der Waals surface area contributed by atoms with Crippen molar-refractivity contribution in [3.05, 3.63) is 47.8 Å². The summed E-state index contributed by atoms with van der Waals surface area (Å²) in [5.41, 5.74) is 4.64. The van der Waals surface area contributed by atoms with Gasteiger partial charge < -0.3 is 4.74 Å². The Morgan fingerprint density at radius 3 is 2.44 bits per heavy atom. The summed E-state index contributed by atoms with van der Waals surface area (Å²) in [6.07, 6.45) is 2.90. The summed E-state index contributed by atoms with van der Waals surface area (Å²) >= 11 is 0. The third-order valence-corrected chi connectivity index (χ3v) is 2.99. The molecule has 0 fully saturated rings. The molecule has 0 radical (unpaired) electrons. The molecule has 1 heterocycles. The van der Waals surface area contributed by atoms with E-state index >= 15 is 0 Å². The zero-order valence-corrected chi connectivity index (χ0v) is 11.2. The number of aromatic nitrogens is 1. The lowest BCUT2D eigenvalue weighted by Gasteiger charge is -2.11. The predicted molar refractivity (Wildman–Crippen MR) is 75.0 cm³/mol. The molecular weight excluding hydrogens is 222 g/mol. The lowest BCUT2D eigenvalue weighted by atomic mass is 10.0. The molecule has 0 spiro atoms. The Hall–Kier alpha value is -1.83. The van der Waals surface area contributed by atoms with E-state index in [-0.39, 0.29) is 0 Å². The van der Waals surface area contributed by atoms with Crippen LogP contribution in [0.2, 0.25) is 0 Å². The molecule has 2 nitrogen and oxygen atoms in total. The average molecular weight is 241 g/mol. The lowest BCUT2D eigenvalue weighted by Crippen LogP contribution is -1.96. The highest BCUT2D eigenvalue weighted by Crippen LogP contribution is 2.26. The van der Waals surface area contributed by atoms with Crippen LogP contribution in [0, 0.1) is 6.92 Å². The van der Waals surface area contributed by atoms with E-state index in [9.17, 15) is 0 Å². The van der Waals surface area contributed by atoms with Gasteiger partial charge in [0.25, 0.3) is 0 Å². The molecule has 0 amide bonds. The SMILES string of the molecule is CCOc1ccc(-c2ccc(C)nc2)cc1CC. The zero-order valence-electron chi connectivity index (χ0n) is 11.2. The Morgan fingerprint density at radius 1 is 1.06 bits per heavy atom. The van der Waals surface area contributed by atoms with Crippen LogP contribution < -0.4 is 4.74 Å². The number of pyridine rings is 1. The summed E-state index contributed by atoms with van der Waals surface area (Å²) in [5.74, 6) is 0.990. The van der Waals surface area contributed by atoms with E-state index in [1.807, 2.05) is 26.1 Å². The maximum absolute atomic E-state index is 5.62. The molecule has 0 unspecified atom stereocenters. The van der Waals surface area contributed by atoms with E-state index in [0.717, 1.165) is 23.4 Å². The zero-order chi connectivity index (χ0) is 13.0. The van der Waals surface area contributed by atoms with E-state index < -0.39 is 0 Å². The predicted octanol–water partition coefficient (Wildman–Crippen LogP) is 4.02. The van der Waals surface area contributed by atoms with Gasteiger partial charge in [-0.1, -0.05) is 19.1 Å². The Morgan fingerprint density at radius 2 is 1.83 bits per heavy atom. The Bertz CT molecular complexity index is 517. The second-order valence-electron chi connectivity index (χ2n) is 4.30. The van der Waals surface area contributed by atoms with Crippen LogP contribution in [0.25, 0.3) is 11.1 Å². The molecule has 0 N–H and O–H groups in total. The Labute approximate surface area is 109 Å². The van der Waals surface area contributed by atoms with Crippen molar-refractivity contribution in [1.82, 2.24) is 4.98 Å². The van der Waals surface area contributed by atoms with Gasteiger partial charge in [-0.05, 0) is 49.6 Å². The van der Waals surface area contributed by atoms with Gasteiger partial charge >= 0.3 is 0 Å². The number of hydrogen-bond acceptors (Lipinski definition) is 2. The van der Waals surface area contributed by atoms with Gasteiger partial charge in [-0.3, -0.25) is 4.98 Å². The first-order valence-corrected chi connectivity index (χ1v) is 6.43. The molecule has 0 aliphatic carbocycles. The molecule has 0 aliphatic rings. The van der Waals surface area contributed by atoms with Crippen molar-refractivity contribution < 1.29 is 4.74 Å². The normalized spacial score (nSPS) is 10.4. The Balaban J connectivity index is 2.37. The first-order valence-electron chi connectivity index (χ1n) is 6.43. The second kappa shape index (κ2) is 5.67. The van der Waals surface area contributed by atoms with Crippen LogP contribution >= 0.6 is 0 Å². The molecule has 0 atom stereocenters. The molecular formula is C16H19NO. The minimum absolute atomic E-state index is 0.707. The summed E-state index contributed by atoms with van der Waals surface area (Å²) in [5, 5.41) is 0. The third-order valence-electron chi connectivity index (χ3n) is 2.99. The minimum atomic E-state index is 0.707. The van der Waals surface area contributed by atoms with Gasteiger partial charge in [0.2, 0.25) is 0 Å². The van der Waals surface area contributed by atoms with E-state index in [4.69, 9.17) is 4.74 Å². The molecule has 0 bridgehead atoms. The van der Waals surface area contributed by atoms with Crippen molar-refractivity contribution in [2.75, 3.05) is 6.61 Å². The van der Waals surface area contributed by atoms with Crippen molar-refractivity contribution in [2.24, 2.45) is 0 Å². The van der Waals surface area contributed by atoms with Gasteiger partial charge in [-0.15, -0.1) is 0 Å². The number of ether oxygens (including phenoxy) is 1. The maximum Gasteiger partial charge on any atom is 0.122 e. The smallest absolute Gasteiger partial charge is 0.122 e. The van der Waals surface area contributed by atoms with Gasteiger partial charge in [0.15, 0.2) is 0 Å². The maximum atomic E-state index is 5.62. The van der Waals surface area contributed by atoms with Crippen molar-refractivity contribution in [3.8, 4) is 16.9 Å². The molecule has 1 aromatic heterocycles. The van der Waals surface area contributed by atoms with Gasteiger partial charge in [0, 0.05) is 17.5 Å². The second-order valence-corrected chi connectivity index (χ2v) is 4.30. The molecule has 2 heteroatoms. The van der Waals surface area contributed by atoms with Crippen molar-refractivity contribution in [2.45, 2.75) is 27.2 Å². The van der Waals surface area contributed by atoms with Gasteiger partial charge in [-0.25, -0.2) is 0 Å².